The predicted molar refractivity (Wildman–Crippen MR) is 57.0 cm³/mol. The maximum Gasteiger partial charge on any atom is 0.159 e. The zero-order valence-corrected chi connectivity index (χ0v) is 8.36. The van der Waals surface area contributed by atoms with Crippen LogP contribution in [-0.4, -0.2) is 5.78 Å². The van der Waals surface area contributed by atoms with E-state index in [0.29, 0.717) is 5.78 Å². The average molecular weight is 186 g/mol. The van der Waals surface area contributed by atoms with E-state index in [-0.39, 0.29) is 5.92 Å². The minimum absolute atomic E-state index is 0.192. The molecular weight excluding hydrogens is 172 g/mol. The Balaban J connectivity index is 2.04. The van der Waals surface area contributed by atoms with Crippen molar-refractivity contribution in [3.8, 4) is 0 Å². The van der Waals surface area contributed by atoms with Crippen LogP contribution in [0, 0.1) is 5.92 Å². The third-order valence-corrected chi connectivity index (χ3v) is 2.68. The van der Waals surface area contributed by atoms with E-state index in [2.05, 4.69) is 12.1 Å². The van der Waals surface area contributed by atoms with Gasteiger partial charge in [0.2, 0.25) is 0 Å². The Morgan fingerprint density at radius 1 is 1.29 bits per heavy atom. The summed E-state index contributed by atoms with van der Waals surface area (Å²) in [6.45, 7) is 2.03. The molecule has 72 valence electrons. The second kappa shape index (κ2) is 3.79. The van der Waals surface area contributed by atoms with E-state index in [9.17, 15) is 4.79 Å². The number of carbonyl (C=O) groups excluding carboxylic acids is 1. The lowest BCUT2D eigenvalue weighted by Gasteiger charge is -2.07. The quantitative estimate of drug-likeness (QED) is 0.694. The molecule has 1 aliphatic rings. The SMILES string of the molecule is CC1=CC(=O)C(Cc2ccccc2)C1. The molecule has 0 amide bonds. The molecule has 0 spiro atoms. The van der Waals surface area contributed by atoms with E-state index >= 15 is 0 Å². The highest BCUT2D eigenvalue weighted by atomic mass is 16.1. The van der Waals surface area contributed by atoms with Crippen molar-refractivity contribution in [2.75, 3.05) is 0 Å². The number of allylic oxidation sites excluding steroid dienone is 2. The van der Waals surface area contributed by atoms with Crippen molar-refractivity contribution in [2.45, 2.75) is 19.8 Å². The van der Waals surface area contributed by atoms with Gasteiger partial charge in [0.1, 0.15) is 0 Å². The Morgan fingerprint density at radius 2 is 2.00 bits per heavy atom. The van der Waals surface area contributed by atoms with Gasteiger partial charge < -0.3 is 0 Å². The Morgan fingerprint density at radius 3 is 2.57 bits per heavy atom. The first kappa shape index (κ1) is 9.20. The van der Waals surface area contributed by atoms with Gasteiger partial charge in [0.25, 0.3) is 0 Å². The van der Waals surface area contributed by atoms with Crippen LogP contribution < -0.4 is 0 Å². The fourth-order valence-electron chi connectivity index (χ4n) is 1.98. The molecule has 1 aliphatic carbocycles. The first-order valence-electron chi connectivity index (χ1n) is 5.00. The van der Waals surface area contributed by atoms with Crippen LogP contribution in [-0.2, 0) is 11.2 Å². The number of ketones is 1. The zero-order valence-electron chi connectivity index (χ0n) is 8.36. The van der Waals surface area contributed by atoms with Crippen LogP contribution in [0.2, 0.25) is 0 Å². The van der Waals surface area contributed by atoms with Crippen molar-refractivity contribution in [2.24, 2.45) is 5.92 Å². The molecule has 1 unspecified atom stereocenters. The minimum atomic E-state index is 0.192. The van der Waals surface area contributed by atoms with Crippen LogP contribution in [0.4, 0.5) is 0 Å². The van der Waals surface area contributed by atoms with Gasteiger partial charge in [-0.15, -0.1) is 0 Å². The summed E-state index contributed by atoms with van der Waals surface area (Å²) >= 11 is 0. The maximum atomic E-state index is 11.5. The topological polar surface area (TPSA) is 17.1 Å². The van der Waals surface area contributed by atoms with Crippen LogP contribution in [0.25, 0.3) is 0 Å². The van der Waals surface area contributed by atoms with Gasteiger partial charge in [-0.1, -0.05) is 35.9 Å². The second-order valence-electron chi connectivity index (χ2n) is 3.98. The van der Waals surface area contributed by atoms with E-state index in [1.165, 1.54) is 11.1 Å². The summed E-state index contributed by atoms with van der Waals surface area (Å²) in [5, 5.41) is 0. The highest BCUT2D eigenvalue weighted by molar-refractivity contribution is 5.95. The number of rotatable bonds is 2. The van der Waals surface area contributed by atoms with Crippen molar-refractivity contribution >= 4 is 5.78 Å². The van der Waals surface area contributed by atoms with Crippen molar-refractivity contribution < 1.29 is 4.79 Å². The molecule has 1 nitrogen and oxygen atoms in total. The first-order chi connectivity index (χ1) is 6.75. The summed E-state index contributed by atoms with van der Waals surface area (Å²) < 4.78 is 0. The molecule has 0 aromatic heterocycles. The molecule has 0 saturated heterocycles. The fourth-order valence-corrected chi connectivity index (χ4v) is 1.98. The Hall–Kier alpha value is -1.37. The third kappa shape index (κ3) is 1.92. The Labute approximate surface area is 84.5 Å². The fraction of sp³-hybridized carbons (Fsp3) is 0.308. The molecule has 0 fully saturated rings. The summed E-state index contributed by atoms with van der Waals surface area (Å²) in [7, 11) is 0. The van der Waals surface area contributed by atoms with Gasteiger partial charge in [0.05, 0.1) is 0 Å². The van der Waals surface area contributed by atoms with E-state index in [1.54, 1.807) is 6.08 Å². The Bertz CT molecular complexity index is 362. The molecule has 2 rings (SSSR count). The molecular formula is C13H14O. The van der Waals surface area contributed by atoms with Gasteiger partial charge in [-0.3, -0.25) is 4.79 Å². The van der Waals surface area contributed by atoms with Gasteiger partial charge in [-0.25, -0.2) is 0 Å². The molecule has 14 heavy (non-hydrogen) atoms. The molecule has 0 saturated carbocycles. The lowest BCUT2D eigenvalue weighted by Crippen LogP contribution is -2.09. The van der Waals surface area contributed by atoms with Crippen LogP contribution in [0.3, 0.4) is 0 Å². The van der Waals surface area contributed by atoms with Crippen LogP contribution in [0.1, 0.15) is 18.9 Å². The van der Waals surface area contributed by atoms with Gasteiger partial charge in [-0.2, -0.15) is 0 Å². The van der Waals surface area contributed by atoms with Crippen molar-refractivity contribution in [1.29, 1.82) is 0 Å². The number of hydrogen-bond acceptors (Lipinski definition) is 1. The highest BCUT2D eigenvalue weighted by Crippen LogP contribution is 2.24. The predicted octanol–water partition coefficient (Wildman–Crippen LogP) is 2.76. The minimum Gasteiger partial charge on any atom is -0.295 e. The molecule has 0 bridgehead atoms. The van der Waals surface area contributed by atoms with Crippen molar-refractivity contribution in [3.63, 3.8) is 0 Å². The van der Waals surface area contributed by atoms with E-state index < -0.39 is 0 Å². The molecule has 1 aromatic carbocycles. The van der Waals surface area contributed by atoms with E-state index in [0.717, 1.165) is 12.8 Å². The molecule has 0 radical (unpaired) electrons. The van der Waals surface area contributed by atoms with Crippen molar-refractivity contribution in [3.05, 3.63) is 47.5 Å². The van der Waals surface area contributed by atoms with Gasteiger partial charge in [-0.05, 0) is 31.4 Å². The standard InChI is InChI=1S/C13H14O/c1-10-7-12(13(14)8-10)9-11-5-3-2-4-6-11/h2-6,8,12H,7,9H2,1H3. The number of benzene rings is 1. The van der Waals surface area contributed by atoms with Crippen LogP contribution in [0.15, 0.2) is 42.0 Å². The Kier molecular flexibility index (Phi) is 2.49. The average Bonchev–Trinajstić information content (AvgIpc) is 2.47. The van der Waals surface area contributed by atoms with Gasteiger partial charge >= 0.3 is 0 Å². The van der Waals surface area contributed by atoms with Crippen LogP contribution in [0.5, 0.6) is 0 Å². The summed E-state index contributed by atoms with van der Waals surface area (Å²) in [5.41, 5.74) is 2.48. The number of carbonyl (C=O) groups is 1. The third-order valence-electron chi connectivity index (χ3n) is 2.68. The van der Waals surface area contributed by atoms with Gasteiger partial charge in [0.15, 0.2) is 5.78 Å². The normalized spacial score (nSPS) is 21.1. The summed E-state index contributed by atoms with van der Waals surface area (Å²) in [4.78, 5) is 11.5. The number of hydrogen-bond donors (Lipinski definition) is 0. The second-order valence-corrected chi connectivity index (χ2v) is 3.98. The first-order valence-corrected chi connectivity index (χ1v) is 5.00. The maximum absolute atomic E-state index is 11.5. The van der Waals surface area contributed by atoms with Crippen LogP contribution >= 0.6 is 0 Å². The molecule has 0 heterocycles. The lowest BCUT2D eigenvalue weighted by molar-refractivity contribution is -0.117. The van der Waals surface area contributed by atoms with Gasteiger partial charge in [0, 0.05) is 5.92 Å². The smallest absolute Gasteiger partial charge is 0.159 e. The van der Waals surface area contributed by atoms with Crippen molar-refractivity contribution in [1.82, 2.24) is 0 Å². The summed E-state index contributed by atoms with van der Waals surface area (Å²) in [5.74, 6) is 0.490. The largest absolute Gasteiger partial charge is 0.295 e. The molecule has 0 aliphatic heterocycles. The summed E-state index contributed by atoms with van der Waals surface area (Å²) in [6, 6.07) is 10.2. The van der Waals surface area contributed by atoms with E-state index in [1.807, 2.05) is 25.1 Å². The molecule has 1 heteroatoms. The molecule has 1 aromatic rings. The summed E-state index contributed by atoms with van der Waals surface area (Å²) in [6.07, 6.45) is 3.61. The highest BCUT2D eigenvalue weighted by Gasteiger charge is 2.22. The molecule has 1 atom stereocenters. The zero-order chi connectivity index (χ0) is 9.97. The lowest BCUT2D eigenvalue weighted by atomic mass is 9.96. The molecule has 0 N–H and O–H groups in total. The van der Waals surface area contributed by atoms with E-state index in [4.69, 9.17) is 0 Å². The monoisotopic (exact) mass is 186 g/mol.